The molecule has 0 amide bonds. The highest BCUT2D eigenvalue weighted by atomic mass is 19.3. The molecule has 0 bridgehead atoms. The van der Waals surface area contributed by atoms with Crippen molar-refractivity contribution in [2.45, 2.75) is 18.9 Å². The van der Waals surface area contributed by atoms with E-state index in [9.17, 15) is 13.2 Å². The Morgan fingerprint density at radius 2 is 1.74 bits per heavy atom. The predicted molar refractivity (Wildman–Crippen MR) is 110 cm³/mol. The molecule has 3 heterocycles. The second-order valence-corrected chi connectivity index (χ2v) is 7.03. The van der Waals surface area contributed by atoms with Crippen molar-refractivity contribution < 1.29 is 13.2 Å². The SMILES string of the molecule is C[C@H](NNc1nc(NNc2cnccn2)cc(N2CC(F)(F)C2)n1)c1ccc(F)cc1. The molecule has 1 fully saturated rings. The van der Waals surface area contributed by atoms with Crippen molar-refractivity contribution in [1.82, 2.24) is 25.4 Å². The predicted octanol–water partition coefficient (Wildman–Crippen LogP) is 2.98. The average molecular weight is 431 g/mol. The van der Waals surface area contributed by atoms with E-state index in [2.05, 4.69) is 41.6 Å². The molecule has 4 rings (SSSR count). The van der Waals surface area contributed by atoms with Crippen LogP contribution in [-0.2, 0) is 0 Å². The highest BCUT2D eigenvalue weighted by molar-refractivity contribution is 5.57. The van der Waals surface area contributed by atoms with Gasteiger partial charge < -0.3 is 4.90 Å². The third-order valence-corrected chi connectivity index (χ3v) is 4.53. The van der Waals surface area contributed by atoms with E-state index in [4.69, 9.17) is 0 Å². The summed E-state index contributed by atoms with van der Waals surface area (Å²) in [5, 5.41) is 0. The lowest BCUT2D eigenvalue weighted by molar-refractivity contribution is -0.0267. The fourth-order valence-electron chi connectivity index (χ4n) is 2.89. The van der Waals surface area contributed by atoms with Gasteiger partial charge in [0.05, 0.1) is 19.3 Å². The molecule has 4 N–H and O–H groups in total. The summed E-state index contributed by atoms with van der Waals surface area (Å²) in [6.07, 6.45) is 4.56. The molecular weight excluding hydrogens is 411 g/mol. The van der Waals surface area contributed by atoms with Crippen molar-refractivity contribution >= 4 is 23.4 Å². The number of alkyl halides is 2. The van der Waals surface area contributed by atoms with Crippen LogP contribution in [0.3, 0.4) is 0 Å². The van der Waals surface area contributed by atoms with Gasteiger partial charge in [0.25, 0.3) is 5.92 Å². The number of halogens is 3. The van der Waals surface area contributed by atoms with E-state index >= 15 is 0 Å². The van der Waals surface area contributed by atoms with Crippen LogP contribution in [0, 0.1) is 5.82 Å². The smallest absolute Gasteiger partial charge is 0.282 e. The highest BCUT2D eigenvalue weighted by Crippen LogP contribution is 2.32. The second kappa shape index (κ2) is 8.60. The van der Waals surface area contributed by atoms with Gasteiger partial charge in [0.1, 0.15) is 11.6 Å². The molecule has 3 aromatic rings. The van der Waals surface area contributed by atoms with Gasteiger partial charge in [0.2, 0.25) is 5.95 Å². The van der Waals surface area contributed by atoms with E-state index in [1.165, 1.54) is 35.6 Å². The summed E-state index contributed by atoms with van der Waals surface area (Å²) in [6.45, 7) is 1.04. The maximum absolute atomic E-state index is 13.3. The molecular formula is C19H20F3N9. The number of hydrazine groups is 2. The van der Waals surface area contributed by atoms with Crippen LogP contribution >= 0.6 is 0 Å². The fraction of sp³-hybridized carbons (Fsp3) is 0.263. The minimum absolute atomic E-state index is 0.171. The maximum atomic E-state index is 13.3. The van der Waals surface area contributed by atoms with Gasteiger partial charge in [-0.2, -0.15) is 9.97 Å². The van der Waals surface area contributed by atoms with Crippen molar-refractivity contribution in [2.24, 2.45) is 0 Å². The number of nitrogens with one attached hydrogen (secondary N) is 4. The van der Waals surface area contributed by atoms with Crippen LogP contribution in [0.5, 0.6) is 0 Å². The Labute approximate surface area is 176 Å². The summed E-state index contributed by atoms with van der Waals surface area (Å²) in [5.41, 5.74) is 12.4. The number of hydrogen-bond acceptors (Lipinski definition) is 9. The van der Waals surface area contributed by atoms with Crippen LogP contribution in [0.15, 0.2) is 48.9 Å². The Morgan fingerprint density at radius 1 is 1.00 bits per heavy atom. The number of nitrogens with zero attached hydrogens (tertiary/aromatic N) is 5. The van der Waals surface area contributed by atoms with Gasteiger partial charge in [-0.15, -0.1) is 0 Å². The van der Waals surface area contributed by atoms with Crippen LogP contribution in [-0.4, -0.2) is 38.9 Å². The van der Waals surface area contributed by atoms with Gasteiger partial charge in [-0.25, -0.2) is 23.6 Å². The van der Waals surface area contributed by atoms with Gasteiger partial charge in [-0.3, -0.25) is 21.3 Å². The minimum Gasteiger partial charge on any atom is -0.344 e. The summed E-state index contributed by atoms with van der Waals surface area (Å²) in [6, 6.07) is 7.41. The van der Waals surface area contributed by atoms with E-state index in [0.29, 0.717) is 17.5 Å². The number of benzene rings is 1. The standard InChI is InChI=1S/C19H20F3N9/c1-12(13-2-4-14(20)5-3-13)27-30-18-25-15(28-29-16-9-23-6-7-24-16)8-17(26-18)31-10-19(21,22)11-31/h2-9,12,27H,10-11H2,1H3,(H,24,29)(H2,25,26,28,30)/t12-/m0/s1. The lowest BCUT2D eigenvalue weighted by Crippen LogP contribution is -2.56. The number of anilines is 4. The van der Waals surface area contributed by atoms with Crippen LogP contribution in [0.25, 0.3) is 0 Å². The van der Waals surface area contributed by atoms with Crippen molar-refractivity contribution in [1.29, 1.82) is 0 Å². The molecule has 0 radical (unpaired) electrons. The van der Waals surface area contributed by atoms with Gasteiger partial charge in [-0.05, 0) is 24.6 Å². The Balaban J connectivity index is 1.47. The zero-order valence-corrected chi connectivity index (χ0v) is 16.5. The molecule has 162 valence electrons. The van der Waals surface area contributed by atoms with Gasteiger partial charge in [0, 0.05) is 24.5 Å². The number of aromatic nitrogens is 4. The van der Waals surface area contributed by atoms with E-state index in [-0.39, 0.29) is 17.8 Å². The Kier molecular flexibility index (Phi) is 5.71. The first-order valence-corrected chi connectivity index (χ1v) is 9.45. The number of hydrogen-bond donors (Lipinski definition) is 4. The van der Waals surface area contributed by atoms with E-state index in [0.717, 1.165) is 5.56 Å². The molecule has 1 atom stereocenters. The molecule has 0 spiro atoms. The average Bonchev–Trinajstić information content (AvgIpc) is 2.75. The lowest BCUT2D eigenvalue weighted by Gasteiger charge is -2.39. The number of rotatable bonds is 8. The molecule has 1 aliphatic heterocycles. The van der Waals surface area contributed by atoms with E-state index < -0.39 is 19.0 Å². The van der Waals surface area contributed by atoms with Crippen LogP contribution in [0.2, 0.25) is 0 Å². The minimum atomic E-state index is -2.74. The summed E-state index contributed by atoms with van der Waals surface area (Å²) in [4.78, 5) is 18.1. The summed E-state index contributed by atoms with van der Waals surface area (Å²) in [5.74, 6) is -1.76. The highest BCUT2D eigenvalue weighted by Gasteiger charge is 2.44. The zero-order chi connectivity index (χ0) is 21.8. The van der Waals surface area contributed by atoms with E-state index in [1.807, 2.05) is 6.92 Å². The quantitative estimate of drug-likeness (QED) is 0.401. The first kappa shape index (κ1) is 20.6. The lowest BCUT2D eigenvalue weighted by atomic mass is 10.1. The maximum Gasteiger partial charge on any atom is 0.282 e. The van der Waals surface area contributed by atoms with Crippen molar-refractivity contribution in [3.63, 3.8) is 0 Å². The first-order chi connectivity index (χ1) is 14.9. The monoisotopic (exact) mass is 431 g/mol. The Hall–Kier alpha value is -3.67. The first-order valence-electron chi connectivity index (χ1n) is 9.45. The summed E-state index contributed by atoms with van der Waals surface area (Å²) < 4.78 is 39.8. The van der Waals surface area contributed by atoms with Crippen LogP contribution < -0.4 is 26.6 Å². The van der Waals surface area contributed by atoms with Gasteiger partial charge in [-0.1, -0.05) is 12.1 Å². The fourth-order valence-corrected chi connectivity index (χ4v) is 2.89. The summed E-state index contributed by atoms with van der Waals surface area (Å²) >= 11 is 0. The molecule has 1 aliphatic rings. The molecule has 1 saturated heterocycles. The zero-order valence-electron chi connectivity index (χ0n) is 16.5. The van der Waals surface area contributed by atoms with Crippen molar-refractivity contribution in [3.8, 4) is 0 Å². The van der Waals surface area contributed by atoms with E-state index in [1.54, 1.807) is 18.2 Å². The third-order valence-electron chi connectivity index (χ3n) is 4.53. The van der Waals surface area contributed by atoms with Crippen LogP contribution in [0.4, 0.5) is 36.6 Å². The molecule has 9 nitrogen and oxygen atoms in total. The van der Waals surface area contributed by atoms with Crippen molar-refractivity contribution in [2.75, 3.05) is 34.3 Å². The largest absolute Gasteiger partial charge is 0.344 e. The third kappa shape index (κ3) is 5.28. The molecule has 0 aliphatic carbocycles. The van der Waals surface area contributed by atoms with Gasteiger partial charge in [0.15, 0.2) is 11.6 Å². The van der Waals surface area contributed by atoms with Gasteiger partial charge >= 0.3 is 0 Å². The Bertz CT molecular complexity index is 1010. The molecule has 31 heavy (non-hydrogen) atoms. The molecule has 0 saturated carbocycles. The molecule has 0 unspecified atom stereocenters. The Morgan fingerprint density at radius 3 is 2.42 bits per heavy atom. The normalized spacial score (nSPS) is 15.7. The van der Waals surface area contributed by atoms with Crippen LogP contribution in [0.1, 0.15) is 18.5 Å². The molecule has 12 heteroatoms. The van der Waals surface area contributed by atoms with Crippen molar-refractivity contribution in [3.05, 3.63) is 60.3 Å². The summed E-state index contributed by atoms with van der Waals surface area (Å²) in [7, 11) is 0. The molecule has 1 aromatic carbocycles. The topological polar surface area (TPSA) is 103 Å². The molecule has 2 aromatic heterocycles. The second-order valence-electron chi connectivity index (χ2n) is 7.03.